The second-order valence-electron chi connectivity index (χ2n) is 7.35. The van der Waals surface area contributed by atoms with Gasteiger partial charge in [-0.05, 0) is 43.2 Å². The van der Waals surface area contributed by atoms with Crippen LogP contribution in [0.25, 0.3) is 5.69 Å². The Balaban J connectivity index is 0.00000289. The Hall–Kier alpha value is -2.49. The Morgan fingerprint density at radius 2 is 1.74 bits per heavy atom. The van der Waals surface area contributed by atoms with Crippen molar-refractivity contribution >= 4 is 24.8 Å². The summed E-state index contributed by atoms with van der Waals surface area (Å²) >= 11 is 0. The third-order valence-electron chi connectivity index (χ3n) is 4.97. The molecule has 0 aliphatic heterocycles. The van der Waals surface area contributed by atoms with Crippen LogP contribution in [-0.4, -0.2) is 54.9 Å². The molecule has 3 aromatic rings. The van der Waals surface area contributed by atoms with Gasteiger partial charge in [0.2, 0.25) is 0 Å². The smallest absolute Gasteiger partial charge is 0.176 e. The fourth-order valence-electron chi connectivity index (χ4n) is 3.33. The van der Waals surface area contributed by atoms with Crippen LogP contribution in [0.1, 0.15) is 18.2 Å². The van der Waals surface area contributed by atoms with Gasteiger partial charge in [0.1, 0.15) is 11.9 Å². The lowest BCUT2D eigenvalue weighted by atomic mass is 10.1. The zero-order chi connectivity index (χ0) is 22.9. The molecule has 2 N–H and O–H groups in total. The van der Waals surface area contributed by atoms with Crippen LogP contribution in [0.4, 0.5) is 0 Å². The molecule has 0 amide bonds. The highest BCUT2D eigenvalue weighted by Gasteiger charge is 2.18. The molecule has 10 heteroatoms. The molecule has 0 saturated carbocycles. The van der Waals surface area contributed by atoms with Gasteiger partial charge in [0, 0.05) is 19.9 Å². The number of benzene rings is 2. The number of hydrogen-bond donors (Lipinski definition) is 2. The lowest BCUT2D eigenvalue weighted by molar-refractivity contribution is 0.0274. The SMILES string of the molecule is COCc1cn(-c2ccccc2OC(NCCc2ccc(OC)c(OC)c2)C(C)O)cn1.Cl.Cl. The summed E-state index contributed by atoms with van der Waals surface area (Å²) in [6.45, 7) is 2.74. The number of aromatic nitrogens is 2. The number of aliphatic hydroxyl groups excluding tert-OH is 1. The van der Waals surface area contributed by atoms with E-state index in [2.05, 4.69) is 10.3 Å². The second kappa shape index (κ2) is 14.7. The molecule has 0 radical (unpaired) electrons. The molecule has 0 spiro atoms. The monoisotopic (exact) mass is 513 g/mol. The number of hydrogen-bond acceptors (Lipinski definition) is 7. The van der Waals surface area contributed by atoms with Crippen molar-refractivity contribution in [1.82, 2.24) is 14.9 Å². The zero-order valence-corrected chi connectivity index (χ0v) is 21.4. The average Bonchev–Trinajstić information content (AvgIpc) is 3.27. The lowest BCUT2D eigenvalue weighted by Gasteiger charge is -2.24. The van der Waals surface area contributed by atoms with Crippen LogP contribution in [0.2, 0.25) is 0 Å². The summed E-state index contributed by atoms with van der Waals surface area (Å²) in [6.07, 6.45) is 3.04. The summed E-state index contributed by atoms with van der Waals surface area (Å²) in [5.74, 6) is 2.02. The molecule has 2 atom stereocenters. The van der Waals surface area contributed by atoms with Crippen LogP contribution < -0.4 is 19.5 Å². The van der Waals surface area contributed by atoms with Gasteiger partial charge in [-0.2, -0.15) is 0 Å². The van der Waals surface area contributed by atoms with Crippen molar-refractivity contribution in [2.45, 2.75) is 32.3 Å². The quantitative estimate of drug-likeness (QED) is 0.356. The molecule has 2 unspecified atom stereocenters. The second-order valence-corrected chi connectivity index (χ2v) is 7.35. The van der Waals surface area contributed by atoms with Gasteiger partial charge in [-0.3, -0.25) is 5.32 Å². The predicted octanol–water partition coefficient (Wildman–Crippen LogP) is 3.80. The molecule has 0 aliphatic rings. The molecule has 0 aliphatic carbocycles. The van der Waals surface area contributed by atoms with E-state index < -0.39 is 12.3 Å². The van der Waals surface area contributed by atoms with Gasteiger partial charge in [-0.25, -0.2) is 4.98 Å². The molecule has 1 aromatic heterocycles. The van der Waals surface area contributed by atoms with E-state index in [1.165, 1.54) is 0 Å². The molecule has 0 bridgehead atoms. The minimum absolute atomic E-state index is 0. The lowest BCUT2D eigenvalue weighted by Crippen LogP contribution is -2.44. The molecule has 0 fully saturated rings. The molecular weight excluding hydrogens is 481 g/mol. The van der Waals surface area contributed by atoms with Gasteiger partial charge in [-0.1, -0.05) is 18.2 Å². The largest absolute Gasteiger partial charge is 0.493 e. The van der Waals surface area contributed by atoms with Crippen molar-refractivity contribution in [3.8, 4) is 22.9 Å². The summed E-state index contributed by atoms with van der Waals surface area (Å²) in [6, 6.07) is 13.5. The first-order valence-corrected chi connectivity index (χ1v) is 10.5. The molecular formula is C24H33Cl2N3O5. The maximum absolute atomic E-state index is 10.3. The van der Waals surface area contributed by atoms with Crippen LogP contribution in [0.15, 0.2) is 55.0 Å². The van der Waals surface area contributed by atoms with E-state index >= 15 is 0 Å². The Labute approximate surface area is 213 Å². The van der Waals surface area contributed by atoms with Crippen LogP contribution in [0, 0.1) is 0 Å². The third-order valence-corrected chi connectivity index (χ3v) is 4.97. The van der Waals surface area contributed by atoms with Gasteiger partial charge in [-0.15, -0.1) is 24.8 Å². The van der Waals surface area contributed by atoms with E-state index in [1.54, 1.807) is 34.6 Å². The molecule has 3 rings (SSSR count). The fourth-order valence-corrected chi connectivity index (χ4v) is 3.33. The maximum Gasteiger partial charge on any atom is 0.176 e. The highest BCUT2D eigenvalue weighted by atomic mass is 35.5. The third kappa shape index (κ3) is 7.78. The average molecular weight is 514 g/mol. The highest BCUT2D eigenvalue weighted by molar-refractivity contribution is 5.85. The van der Waals surface area contributed by atoms with Gasteiger partial charge < -0.3 is 28.6 Å². The van der Waals surface area contributed by atoms with Crippen molar-refractivity contribution in [2.75, 3.05) is 27.9 Å². The number of ether oxygens (including phenoxy) is 4. The number of nitrogens with zero attached hydrogens (tertiary/aromatic N) is 2. The van der Waals surface area contributed by atoms with Crippen LogP contribution in [0.3, 0.4) is 0 Å². The first-order chi connectivity index (χ1) is 15.5. The highest BCUT2D eigenvalue weighted by Crippen LogP contribution is 2.28. The van der Waals surface area contributed by atoms with E-state index in [-0.39, 0.29) is 24.8 Å². The number of halogens is 2. The fraction of sp³-hybridized carbons (Fsp3) is 0.375. The maximum atomic E-state index is 10.3. The summed E-state index contributed by atoms with van der Waals surface area (Å²) in [7, 11) is 4.87. The number of para-hydroxylation sites is 2. The molecule has 0 saturated heterocycles. The van der Waals surface area contributed by atoms with E-state index in [0.717, 1.165) is 23.4 Å². The first-order valence-electron chi connectivity index (χ1n) is 10.5. The van der Waals surface area contributed by atoms with E-state index in [1.807, 2.05) is 53.2 Å². The number of rotatable bonds is 12. The molecule has 1 heterocycles. The van der Waals surface area contributed by atoms with Gasteiger partial charge in [0.05, 0.1) is 38.5 Å². The predicted molar refractivity (Wildman–Crippen MR) is 136 cm³/mol. The molecule has 34 heavy (non-hydrogen) atoms. The van der Waals surface area contributed by atoms with Crippen molar-refractivity contribution in [1.29, 1.82) is 0 Å². The van der Waals surface area contributed by atoms with Crippen LogP contribution in [0.5, 0.6) is 17.2 Å². The van der Waals surface area contributed by atoms with Crippen molar-refractivity contribution in [3.63, 3.8) is 0 Å². The van der Waals surface area contributed by atoms with Gasteiger partial charge in [0.15, 0.2) is 17.7 Å². The number of imidazole rings is 1. The van der Waals surface area contributed by atoms with Crippen molar-refractivity contribution in [3.05, 3.63) is 66.2 Å². The number of nitrogens with one attached hydrogen (secondary N) is 1. The summed E-state index contributed by atoms with van der Waals surface area (Å²) in [5.41, 5.74) is 2.74. The number of aliphatic hydroxyl groups is 1. The Morgan fingerprint density at radius 3 is 2.41 bits per heavy atom. The standard InChI is InChI=1S/C24H31N3O5.2ClH/c1-17(28)24(25-12-11-18-9-10-22(30-3)23(13-18)31-4)32-21-8-6-5-7-20(21)27-14-19(15-29-2)26-16-27;;/h5-10,13-14,16-17,24-25,28H,11-12,15H2,1-4H3;2*1H. The number of methoxy groups -OCH3 is 3. The van der Waals surface area contributed by atoms with E-state index in [4.69, 9.17) is 18.9 Å². The van der Waals surface area contributed by atoms with E-state index in [0.29, 0.717) is 30.4 Å². The molecule has 2 aromatic carbocycles. The summed E-state index contributed by atoms with van der Waals surface area (Å²) in [5, 5.41) is 13.6. The normalized spacial score (nSPS) is 12.1. The van der Waals surface area contributed by atoms with Crippen LogP contribution in [-0.2, 0) is 17.8 Å². The van der Waals surface area contributed by atoms with Crippen molar-refractivity contribution < 1.29 is 24.1 Å². The summed E-state index contributed by atoms with van der Waals surface area (Å²) in [4.78, 5) is 4.35. The Bertz CT molecular complexity index is 1000. The van der Waals surface area contributed by atoms with E-state index in [9.17, 15) is 5.11 Å². The first kappa shape index (κ1) is 29.5. The Morgan fingerprint density at radius 1 is 1.00 bits per heavy atom. The Kier molecular flexibility index (Phi) is 12.8. The minimum Gasteiger partial charge on any atom is -0.493 e. The molecule has 8 nitrogen and oxygen atoms in total. The summed E-state index contributed by atoms with van der Waals surface area (Å²) < 4.78 is 23.8. The molecule has 188 valence electrons. The van der Waals surface area contributed by atoms with Gasteiger partial charge >= 0.3 is 0 Å². The van der Waals surface area contributed by atoms with Gasteiger partial charge in [0.25, 0.3) is 0 Å². The topological polar surface area (TPSA) is 87.0 Å². The minimum atomic E-state index is -0.722. The zero-order valence-electron chi connectivity index (χ0n) is 19.8. The van der Waals surface area contributed by atoms with Crippen LogP contribution >= 0.6 is 24.8 Å². The van der Waals surface area contributed by atoms with Crippen molar-refractivity contribution in [2.24, 2.45) is 0 Å².